The van der Waals surface area contributed by atoms with Gasteiger partial charge >= 0.3 is 0 Å². The van der Waals surface area contributed by atoms with E-state index in [1.165, 1.54) is 36.8 Å². The van der Waals surface area contributed by atoms with Gasteiger partial charge in [-0.3, -0.25) is 4.98 Å². The van der Waals surface area contributed by atoms with Crippen LogP contribution in [0.4, 0.5) is 5.69 Å². The number of fused-ring (bicyclic) bond motifs is 1. The SMILES string of the molecule is Cc1cc(N(CCO)C2CCCC2)c2ccccc2n1. The zero-order valence-corrected chi connectivity index (χ0v) is 12.0. The highest BCUT2D eigenvalue weighted by atomic mass is 16.3. The van der Waals surface area contributed by atoms with Gasteiger partial charge in [0.25, 0.3) is 0 Å². The van der Waals surface area contributed by atoms with Crippen LogP contribution in [-0.2, 0) is 0 Å². The van der Waals surface area contributed by atoms with Crippen molar-refractivity contribution in [2.45, 2.75) is 38.6 Å². The average molecular weight is 270 g/mol. The molecular formula is C17H22N2O. The fourth-order valence-electron chi connectivity index (χ4n) is 3.35. The minimum atomic E-state index is 0.201. The second kappa shape index (κ2) is 5.80. The first-order valence-electron chi connectivity index (χ1n) is 7.53. The quantitative estimate of drug-likeness (QED) is 0.926. The summed E-state index contributed by atoms with van der Waals surface area (Å²) < 4.78 is 0. The normalized spacial score (nSPS) is 15.9. The number of pyridine rings is 1. The van der Waals surface area contributed by atoms with E-state index >= 15 is 0 Å². The van der Waals surface area contributed by atoms with Gasteiger partial charge in [-0.2, -0.15) is 0 Å². The Morgan fingerprint density at radius 3 is 2.75 bits per heavy atom. The fraction of sp³-hybridized carbons (Fsp3) is 0.471. The number of aliphatic hydroxyl groups excluding tert-OH is 1. The molecule has 1 aliphatic rings. The highest BCUT2D eigenvalue weighted by Crippen LogP contribution is 2.33. The Labute approximate surface area is 120 Å². The summed E-state index contributed by atoms with van der Waals surface area (Å²) in [4.78, 5) is 7.01. The number of aromatic nitrogens is 1. The molecular weight excluding hydrogens is 248 g/mol. The van der Waals surface area contributed by atoms with Crippen LogP contribution in [0.15, 0.2) is 30.3 Å². The molecule has 0 radical (unpaired) electrons. The molecule has 0 atom stereocenters. The molecule has 0 unspecified atom stereocenters. The van der Waals surface area contributed by atoms with Crippen LogP contribution in [0.1, 0.15) is 31.4 Å². The number of para-hydroxylation sites is 1. The third kappa shape index (κ3) is 2.50. The summed E-state index contributed by atoms with van der Waals surface area (Å²) in [6.07, 6.45) is 5.06. The van der Waals surface area contributed by atoms with E-state index in [2.05, 4.69) is 34.1 Å². The largest absolute Gasteiger partial charge is 0.395 e. The van der Waals surface area contributed by atoms with Gasteiger partial charge in [-0.1, -0.05) is 31.0 Å². The number of nitrogens with zero attached hydrogens (tertiary/aromatic N) is 2. The molecule has 1 aromatic heterocycles. The predicted octanol–water partition coefficient (Wildman–Crippen LogP) is 3.28. The van der Waals surface area contributed by atoms with Gasteiger partial charge < -0.3 is 10.0 Å². The summed E-state index contributed by atoms with van der Waals surface area (Å²) in [7, 11) is 0. The molecule has 3 rings (SSSR count). The van der Waals surface area contributed by atoms with Crippen LogP contribution in [-0.4, -0.2) is 29.3 Å². The van der Waals surface area contributed by atoms with Crippen LogP contribution in [0.3, 0.4) is 0 Å². The van der Waals surface area contributed by atoms with Gasteiger partial charge in [0.2, 0.25) is 0 Å². The number of rotatable bonds is 4. The van der Waals surface area contributed by atoms with Crippen molar-refractivity contribution in [2.24, 2.45) is 0 Å². The van der Waals surface area contributed by atoms with Crippen LogP contribution < -0.4 is 4.90 Å². The van der Waals surface area contributed by atoms with Crippen molar-refractivity contribution in [1.82, 2.24) is 4.98 Å². The zero-order valence-electron chi connectivity index (χ0n) is 12.0. The van der Waals surface area contributed by atoms with Gasteiger partial charge in [0.15, 0.2) is 0 Å². The molecule has 3 heteroatoms. The van der Waals surface area contributed by atoms with E-state index < -0.39 is 0 Å². The molecule has 20 heavy (non-hydrogen) atoms. The summed E-state index contributed by atoms with van der Waals surface area (Å²) in [6.45, 7) is 2.95. The fourth-order valence-corrected chi connectivity index (χ4v) is 3.35. The van der Waals surface area contributed by atoms with Gasteiger partial charge in [0.1, 0.15) is 0 Å². The second-order valence-electron chi connectivity index (χ2n) is 5.66. The molecule has 3 nitrogen and oxygen atoms in total. The Morgan fingerprint density at radius 2 is 2.00 bits per heavy atom. The molecule has 1 saturated carbocycles. The number of hydrogen-bond donors (Lipinski definition) is 1. The van der Waals surface area contributed by atoms with Crippen LogP contribution in [0.5, 0.6) is 0 Å². The van der Waals surface area contributed by atoms with Crippen molar-refractivity contribution >= 4 is 16.6 Å². The first-order valence-corrected chi connectivity index (χ1v) is 7.53. The van der Waals surface area contributed by atoms with E-state index in [1.807, 2.05) is 13.0 Å². The highest BCUT2D eigenvalue weighted by molar-refractivity contribution is 5.92. The Hall–Kier alpha value is -1.61. The Morgan fingerprint density at radius 1 is 1.25 bits per heavy atom. The van der Waals surface area contributed by atoms with Crippen LogP contribution in [0, 0.1) is 6.92 Å². The van der Waals surface area contributed by atoms with Gasteiger partial charge in [-0.05, 0) is 31.9 Å². The molecule has 1 aliphatic carbocycles. The van der Waals surface area contributed by atoms with Crippen molar-refractivity contribution in [3.8, 4) is 0 Å². The molecule has 0 bridgehead atoms. The van der Waals surface area contributed by atoms with Crippen LogP contribution in [0.25, 0.3) is 10.9 Å². The molecule has 0 aliphatic heterocycles. The van der Waals surface area contributed by atoms with Crippen molar-refractivity contribution in [3.63, 3.8) is 0 Å². The lowest BCUT2D eigenvalue weighted by Gasteiger charge is -2.31. The molecule has 0 saturated heterocycles. The van der Waals surface area contributed by atoms with Gasteiger partial charge in [0.05, 0.1) is 12.1 Å². The lowest BCUT2D eigenvalue weighted by Crippen LogP contribution is -2.35. The van der Waals surface area contributed by atoms with E-state index in [-0.39, 0.29) is 6.61 Å². The molecule has 2 aromatic rings. The van der Waals surface area contributed by atoms with Crippen molar-refractivity contribution < 1.29 is 5.11 Å². The first kappa shape index (κ1) is 13.4. The Bertz CT molecular complexity index is 591. The number of anilines is 1. The summed E-state index contributed by atoms with van der Waals surface area (Å²) in [5.74, 6) is 0. The summed E-state index contributed by atoms with van der Waals surface area (Å²) >= 11 is 0. The molecule has 0 amide bonds. The summed E-state index contributed by atoms with van der Waals surface area (Å²) in [6, 6.07) is 11.0. The van der Waals surface area contributed by atoms with Crippen molar-refractivity contribution in [3.05, 3.63) is 36.0 Å². The summed E-state index contributed by atoms with van der Waals surface area (Å²) in [5.41, 5.74) is 3.32. The third-order valence-corrected chi connectivity index (χ3v) is 4.24. The Kier molecular flexibility index (Phi) is 3.88. The number of hydrogen-bond acceptors (Lipinski definition) is 3. The lowest BCUT2D eigenvalue weighted by molar-refractivity contribution is 0.297. The first-order chi connectivity index (χ1) is 9.79. The minimum Gasteiger partial charge on any atom is -0.395 e. The average Bonchev–Trinajstić information content (AvgIpc) is 2.98. The van der Waals surface area contributed by atoms with Gasteiger partial charge in [-0.25, -0.2) is 0 Å². The second-order valence-corrected chi connectivity index (χ2v) is 5.66. The van der Waals surface area contributed by atoms with Crippen LogP contribution >= 0.6 is 0 Å². The van der Waals surface area contributed by atoms with Crippen molar-refractivity contribution in [2.75, 3.05) is 18.1 Å². The highest BCUT2D eigenvalue weighted by Gasteiger charge is 2.24. The number of aliphatic hydroxyl groups is 1. The maximum Gasteiger partial charge on any atom is 0.0726 e. The van der Waals surface area contributed by atoms with Crippen LogP contribution in [0.2, 0.25) is 0 Å². The number of aryl methyl sites for hydroxylation is 1. The maximum atomic E-state index is 9.44. The molecule has 0 spiro atoms. The van der Waals surface area contributed by atoms with E-state index in [9.17, 15) is 5.11 Å². The smallest absolute Gasteiger partial charge is 0.0726 e. The molecule has 1 aromatic carbocycles. The molecule has 106 valence electrons. The van der Waals surface area contributed by atoms with Gasteiger partial charge in [-0.15, -0.1) is 0 Å². The number of benzene rings is 1. The monoisotopic (exact) mass is 270 g/mol. The summed E-state index contributed by atoms with van der Waals surface area (Å²) in [5, 5.41) is 10.6. The van der Waals surface area contributed by atoms with E-state index in [0.717, 1.165) is 11.2 Å². The topological polar surface area (TPSA) is 36.4 Å². The van der Waals surface area contributed by atoms with Crippen molar-refractivity contribution in [1.29, 1.82) is 0 Å². The molecule has 1 N–H and O–H groups in total. The Balaban J connectivity index is 2.09. The minimum absolute atomic E-state index is 0.201. The van der Waals surface area contributed by atoms with Gasteiger partial charge in [0, 0.05) is 29.4 Å². The third-order valence-electron chi connectivity index (χ3n) is 4.24. The predicted molar refractivity (Wildman–Crippen MR) is 83.2 cm³/mol. The zero-order chi connectivity index (χ0) is 13.9. The molecule has 1 fully saturated rings. The lowest BCUT2D eigenvalue weighted by atomic mass is 10.1. The standard InChI is InChI=1S/C17H22N2O/c1-13-12-17(15-8-4-5-9-16(15)18-13)19(10-11-20)14-6-2-3-7-14/h4-5,8-9,12,14,20H,2-3,6-7,10-11H2,1H3. The van der Waals surface area contributed by atoms with E-state index in [0.29, 0.717) is 12.6 Å². The molecule has 1 heterocycles. The van der Waals surface area contributed by atoms with E-state index in [4.69, 9.17) is 0 Å². The van der Waals surface area contributed by atoms with E-state index in [1.54, 1.807) is 0 Å². The maximum absolute atomic E-state index is 9.44.